The van der Waals surface area contributed by atoms with Crippen LogP contribution in [0.15, 0.2) is 24.3 Å². The monoisotopic (exact) mass is 172 g/mol. The van der Waals surface area contributed by atoms with Gasteiger partial charge in [0, 0.05) is 0 Å². The minimum absolute atomic E-state index is 0.111. The Morgan fingerprint density at radius 1 is 1.27 bits per heavy atom. The molecule has 0 aromatic heterocycles. The molecule has 1 aromatic rings. The SMILES string of the molecule is Cc1ccccc1P(=O)(O)O. The van der Waals surface area contributed by atoms with Gasteiger partial charge in [-0.2, -0.15) is 0 Å². The van der Waals surface area contributed by atoms with Gasteiger partial charge in [0.05, 0.1) is 5.30 Å². The fourth-order valence-electron chi connectivity index (χ4n) is 0.890. The van der Waals surface area contributed by atoms with Crippen molar-refractivity contribution in [1.29, 1.82) is 0 Å². The van der Waals surface area contributed by atoms with Crippen molar-refractivity contribution in [2.75, 3.05) is 0 Å². The van der Waals surface area contributed by atoms with E-state index in [1.165, 1.54) is 6.07 Å². The Hall–Kier alpha value is -0.630. The molecule has 1 aromatic carbocycles. The van der Waals surface area contributed by atoms with Crippen LogP contribution in [-0.4, -0.2) is 9.79 Å². The first-order valence-corrected chi connectivity index (χ1v) is 4.75. The van der Waals surface area contributed by atoms with Gasteiger partial charge in [-0.1, -0.05) is 18.2 Å². The molecule has 0 radical (unpaired) electrons. The fraction of sp³-hybridized carbons (Fsp3) is 0.143. The summed E-state index contributed by atoms with van der Waals surface area (Å²) in [6, 6.07) is 6.47. The molecule has 0 amide bonds. The van der Waals surface area contributed by atoms with Gasteiger partial charge in [0.1, 0.15) is 0 Å². The third-order valence-electron chi connectivity index (χ3n) is 1.43. The van der Waals surface area contributed by atoms with E-state index in [0.717, 1.165) is 0 Å². The topological polar surface area (TPSA) is 57.5 Å². The Kier molecular flexibility index (Phi) is 2.14. The van der Waals surface area contributed by atoms with Gasteiger partial charge in [0.15, 0.2) is 0 Å². The lowest BCUT2D eigenvalue weighted by Crippen LogP contribution is -2.06. The molecule has 0 heterocycles. The lowest BCUT2D eigenvalue weighted by atomic mass is 10.2. The summed E-state index contributed by atoms with van der Waals surface area (Å²) in [6.45, 7) is 1.68. The van der Waals surface area contributed by atoms with Gasteiger partial charge in [-0.3, -0.25) is 4.57 Å². The first-order valence-electron chi connectivity index (χ1n) is 3.13. The summed E-state index contributed by atoms with van der Waals surface area (Å²) in [5.41, 5.74) is 0.626. The Balaban J connectivity index is 3.25. The van der Waals surface area contributed by atoms with Crippen LogP contribution in [0.2, 0.25) is 0 Å². The third kappa shape index (κ3) is 1.90. The van der Waals surface area contributed by atoms with Crippen molar-refractivity contribution in [3.63, 3.8) is 0 Å². The second-order valence-corrected chi connectivity index (χ2v) is 3.90. The number of aryl methyl sites for hydroxylation is 1. The zero-order chi connectivity index (χ0) is 8.48. The summed E-state index contributed by atoms with van der Waals surface area (Å²) in [5.74, 6) is 0. The first kappa shape index (κ1) is 8.47. The number of rotatable bonds is 1. The summed E-state index contributed by atoms with van der Waals surface area (Å²) in [7, 11) is -4.06. The molecule has 1 rings (SSSR count). The molecule has 0 bridgehead atoms. The maximum absolute atomic E-state index is 10.7. The molecule has 0 unspecified atom stereocenters. The quantitative estimate of drug-likeness (QED) is 0.616. The van der Waals surface area contributed by atoms with Crippen molar-refractivity contribution in [2.24, 2.45) is 0 Å². The first-order chi connectivity index (χ1) is 5.02. The molecule has 0 aliphatic heterocycles. The van der Waals surface area contributed by atoms with Crippen LogP contribution in [0.25, 0.3) is 0 Å². The fourth-order valence-corrected chi connectivity index (χ4v) is 1.70. The lowest BCUT2D eigenvalue weighted by molar-refractivity contribution is 0.387. The minimum Gasteiger partial charge on any atom is -0.321 e. The van der Waals surface area contributed by atoms with Gasteiger partial charge in [-0.15, -0.1) is 0 Å². The average molecular weight is 172 g/mol. The van der Waals surface area contributed by atoms with Crippen LogP contribution >= 0.6 is 7.60 Å². The van der Waals surface area contributed by atoms with Crippen molar-refractivity contribution in [3.05, 3.63) is 29.8 Å². The Morgan fingerprint density at radius 3 is 2.18 bits per heavy atom. The van der Waals surface area contributed by atoms with E-state index in [9.17, 15) is 4.57 Å². The second-order valence-electron chi connectivity index (χ2n) is 2.33. The largest absolute Gasteiger partial charge is 0.356 e. The van der Waals surface area contributed by atoms with E-state index in [-0.39, 0.29) is 5.30 Å². The van der Waals surface area contributed by atoms with E-state index < -0.39 is 7.60 Å². The summed E-state index contributed by atoms with van der Waals surface area (Å²) < 4.78 is 10.7. The van der Waals surface area contributed by atoms with Crippen molar-refractivity contribution < 1.29 is 14.4 Å². The summed E-state index contributed by atoms with van der Waals surface area (Å²) >= 11 is 0. The maximum atomic E-state index is 10.7. The van der Waals surface area contributed by atoms with Gasteiger partial charge in [0.2, 0.25) is 0 Å². The molecule has 0 aliphatic carbocycles. The molecule has 0 atom stereocenters. The molecule has 11 heavy (non-hydrogen) atoms. The van der Waals surface area contributed by atoms with E-state index >= 15 is 0 Å². The number of benzene rings is 1. The van der Waals surface area contributed by atoms with Crippen LogP contribution in [0.3, 0.4) is 0 Å². The van der Waals surface area contributed by atoms with Crippen LogP contribution in [0.5, 0.6) is 0 Å². The molecule has 4 heteroatoms. The average Bonchev–Trinajstić information content (AvgIpc) is 1.86. The van der Waals surface area contributed by atoms with Crippen molar-refractivity contribution in [1.82, 2.24) is 0 Å². The van der Waals surface area contributed by atoms with Crippen molar-refractivity contribution >= 4 is 12.9 Å². The molecule has 0 fully saturated rings. The molecule has 60 valence electrons. The predicted molar refractivity (Wildman–Crippen MR) is 42.9 cm³/mol. The smallest absolute Gasteiger partial charge is 0.321 e. The summed E-state index contributed by atoms with van der Waals surface area (Å²) in [5, 5.41) is 0.111. The highest BCUT2D eigenvalue weighted by Crippen LogP contribution is 2.33. The van der Waals surface area contributed by atoms with E-state index in [1.54, 1.807) is 25.1 Å². The number of hydrogen-bond acceptors (Lipinski definition) is 1. The molecular weight excluding hydrogens is 163 g/mol. The zero-order valence-electron chi connectivity index (χ0n) is 6.06. The predicted octanol–water partition coefficient (Wildman–Crippen LogP) is 0.798. The van der Waals surface area contributed by atoms with Gasteiger partial charge < -0.3 is 9.79 Å². The lowest BCUT2D eigenvalue weighted by Gasteiger charge is -2.05. The van der Waals surface area contributed by atoms with Crippen LogP contribution in [0.1, 0.15) is 5.56 Å². The van der Waals surface area contributed by atoms with E-state index in [0.29, 0.717) is 5.56 Å². The molecule has 0 spiro atoms. The Morgan fingerprint density at radius 2 is 1.82 bits per heavy atom. The zero-order valence-corrected chi connectivity index (χ0v) is 6.95. The summed E-state index contributed by atoms with van der Waals surface area (Å²) in [6.07, 6.45) is 0. The molecule has 0 aliphatic rings. The second kappa shape index (κ2) is 2.78. The van der Waals surface area contributed by atoms with Crippen LogP contribution < -0.4 is 5.30 Å². The molecule has 0 saturated carbocycles. The highest BCUT2D eigenvalue weighted by Gasteiger charge is 2.18. The van der Waals surface area contributed by atoms with Crippen LogP contribution in [0, 0.1) is 6.92 Å². The Bertz CT molecular complexity index is 302. The third-order valence-corrected chi connectivity index (χ3v) is 2.56. The molecule has 0 saturated heterocycles. The standard InChI is InChI=1S/C7H9O3P/c1-6-4-2-3-5-7(6)11(8,9)10/h2-5H,1H3,(H2,8,9,10). The van der Waals surface area contributed by atoms with E-state index in [4.69, 9.17) is 9.79 Å². The van der Waals surface area contributed by atoms with Gasteiger partial charge in [-0.25, -0.2) is 0 Å². The van der Waals surface area contributed by atoms with Crippen molar-refractivity contribution in [3.8, 4) is 0 Å². The number of hydrogen-bond donors (Lipinski definition) is 2. The van der Waals surface area contributed by atoms with Gasteiger partial charge in [-0.05, 0) is 18.6 Å². The van der Waals surface area contributed by atoms with E-state index in [2.05, 4.69) is 0 Å². The highest BCUT2D eigenvalue weighted by molar-refractivity contribution is 7.60. The van der Waals surface area contributed by atoms with Crippen molar-refractivity contribution in [2.45, 2.75) is 6.92 Å². The summed E-state index contributed by atoms with van der Waals surface area (Å²) in [4.78, 5) is 17.6. The maximum Gasteiger partial charge on any atom is 0.356 e. The molecule has 3 nitrogen and oxygen atoms in total. The van der Waals surface area contributed by atoms with Gasteiger partial charge >= 0.3 is 7.60 Å². The Labute approximate surface area is 64.8 Å². The normalized spacial score (nSPS) is 11.5. The molecule has 2 N–H and O–H groups in total. The van der Waals surface area contributed by atoms with Crippen LogP contribution in [0.4, 0.5) is 0 Å². The van der Waals surface area contributed by atoms with E-state index in [1.807, 2.05) is 0 Å². The minimum atomic E-state index is -4.06. The molecular formula is C7H9O3P. The van der Waals surface area contributed by atoms with Crippen LogP contribution in [-0.2, 0) is 4.57 Å². The highest BCUT2D eigenvalue weighted by atomic mass is 31.2. The van der Waals surface area contributed by atoms with Gasteiger partial charge in [0.25, 0.3) is 0 Å².